The highest BCUT2D eigenvalue weighted by Gasteiger charge is 2.31. The molecule has 1 unspecified atom stereocenters. The van der Waals surface area contributed by atoms with Crippen molar-refractivity contribution in [1.29, 1.82) is 0 Å². The van der Waals surface area contributed by atoms with E-state index in [0.29, 0.717) is 27.4 Å². The molecule has 1 aromatic heterocycles. The number of aromatic nitrogens is 2. The molecule has 1 amide bonds. The fourth-order valence-corrected chi connectivity index (χ4v) is 5.05. The topological polar surface area (TPSA) is 134 Å². The van der Waals surface area contributed by atoms with Gasteiger partial charge in [0.1, 0.15) is 12.0 Å². The lowest BCUT2D eigenvalue weighted by Crippen LogP contribution is -2.40. The van der Waals surface area contributed by atoms with Gasteiger partial charge in [-0.2, -0.15) is 5.10 Å². The normalized spacial score (nSPS) is 13.0. The van der Waals surface area contributed by atoms with Crippen LogP contribution < -0.4 is 26.6 Å². The Kier molecular flexibility index (Phi) is 9.33. The van der Waals surface area contributed by atoms with Crippen molar-refractivity contribution in [3.8, 4) is 28.1 Å². The first-order valence-corrected chi connectivity index (χ1v) is 14.9. The summed E-state index contributed by atoms with van der Waals surface area (Å²) in [7, 11) is 1.70. The molecule has 1 atom stereocenters. The third-order valence-electron chi connectivity index (χ3n) is 6.43. The summed E-state index contributed by atoms with van der Waals surface area (Å²) in [4.78, 5) is 13.5. The molecule has 0 aliphatic heterocycles. The third kappa shape index (κ3) is 7.73. The van der Waals surface area contributed by atoms with E-state index < -0.39 is 28.8 Å². The maximum absolute atomic E-state index is 12.9. The largest absolute Gasteiger partial charge is 0.612 e. The first kappa shape index (κ1) is 32.5. The van der Waals surface area contributed by atoms with Crippen LogP contribution in [-0.4, -0.2) is 38.4 Å². The zero-order chi connectivity index (χ0) is 32.4. The number of aryl methyl sites for hydroxylation is 1. The van der Waals surface area contributed by atoms with E-state index in [1.165, 1.54) is 23.3 Å². The van der Waals surface area contributed by atoms with E-state index in [2.05, 4.69) is 15.2 Å². The van der Waals surface area contributed by atoms with Gasteiger partial charge in [-0.25, -0.2) is 5.84 Å². The Morgan fingerprint density at radius 3 is 2.30 bits per heavy atom. The van der Waals surface area contributed by atoms with E-state index in [1.54, 1.807) is 42.3 Å². The summed E-state index contributed by atoms with van der Waals surface area (Å²) in [6.45, 7) is 5.59. The number of anilines is 1. The molecule has 0 aliphatic carbocycles. The summed E-state index contributed by atoms with van der Waals surface area (Å²) in [5.74, 6) is 5.95. The summed E-state index contributed by atoms with van der Waals surface area (Å²) in [5, 5.41) is 8.62. The van der Waals surface area contributed by atoms with Crippen LogP contribution in [-0.2, 0) is 18.2 Å². The van der Waals surface area contributed by atoms with Crippen molar-refractivity contribution in [3.05, 3.63) is 90.3 Å². The SMILES string of the molecule is Cn1nc(C(=O)NC(C)(C)C)cc1-c1ccc(-c2cccc([S+](C)[O-])c2)cc1N(N)/C(=C\N)c1ccc(OC(F)(F)F)cc1. The molecule has 0 radical (unpaired) electrons. The molecule has 0 saturated carbocycles. The predicted octanol–water partition coefficient (Wildman–Crippen LogP) is 5.56. The molecule has 0 aliphatic rings. The van der Waals surface area contributed by atoms with Crippen molar-refractivity contribution in [2.24, 2.45) is 18.6 Å². The van der Waals surface area contributed by atoms with Crippen LogP contribution >= 0.6 is 0 Å². The Hall–Kier alpha value is -4.46. The van der Waals surface area contributed by atoms with Gasteiger partial charge in [0.05, 0.1) is 17.1 Å². The second kappa shape index (κ2) is 12.6. The number of nitrogens with two attached hydrogens (primary N) is 2. The molecule has 0 bridgehead atoms. The van der Waals surface area contributed by atoms with Gasteiger partial charge in [0.25, 0.3) is 5.91 Å². The van der Waals surface area contributed by atoms with Crippen LogP contribution in [0.3, 0.4) is 0 Å². The van der Waals surface area contributed by atoms with E-state index in [-0.39, 0.29) is 17.3 Å². The Balaban J connectivity index is 1.83. The number of alkyl halides is 3. The molecule has 232 valence electrons. The van der Waals surface area contributed by atoms with Crippen LogP contribution in [0, 0.1) is 0 Å². The number of nitrogens with zero attached hydrogens (tertiary/aromatic N) is 3. The lowest BCUT2D eigenvalue weighted by Gasteiger charge is -2.25. The van der Waals surface area contributed by atoms with E-state index in [1.807, 2.05) is 45.0 Å². The molecule has 0 spiro atoms. The first-order valence-electron chi connectivity index (χ1n) is 13.3. The van der Waals surface area contributed by atoms with Gasteiger partial charge in [0, 0.05) is 36.0 Å². The summed E-state index contributed by atoms with van der Waals surface area (Å²) in [6, 6.07) is 19.5. The van der Waals surface area contributed by atoms with Crippen molar-refractivity contribution in [3.63, 3.8) is 0 Å². The summed E-state index contributed by atoms with van der Waals surface area (Å²) >= 11 is -1.21. The van der Waals surface area contributed by atoms with E-state index in [0.717, 1.165) is 23.3 Å². The van der Waals surface area contributed by atoms with Crippen molar-refractivity contribution >= 4 is 28.5 Å². The number of carbonyl (C=O) groups is 1. The van der Waals surface area contributed by atoms with Gasteiger partial charge in [-0.05, 0) is 85.5 Å². The smallest absolute Gasteiger partial charge is 0.573 e. The minimum atomic E-state index is -4.84. The van der Waals surface area contributed by atoms with Crippen LogP contribution in [0.1, 0.15) is 36.8 Å². The number of amides is 1. The van der Waals surface area contributed by atoms with Gasteiger partial charge in [0.2, 0.25) is 0 Å². The van der Waals surface area contributed by atoms with Crippen LogP contribution in [0.25, 0.3) is 28.1 Å². The Morgan fingerprint density at radius 1 is 1.05 bits per heavy atom. The highest BCUT2D eigenvalue weighted by molar-refractivity contribution is 7.90. The molecule has 0 saturated heterocycles. The average Bonchev–Trinajstić information content (AvgIpc) is 3.34. The van der Waals surface area contributed by atoms with E-state index in [9.17, 15) is 22.5 Å². The maximum Gasteiger partial charge on any atom is 0.573 e. The van der Waals surface area contributed by atoms with Crippen molar-refractivity contribution in [2.45, 2.75) is 37.6 Å². The standard InChI is InChI=1S/C31H33F3N6O3S/c1-30(2,3)37-29(41)25-17-26(39(4)38-25)24-14-11-21(20-7-6-8-23(15-20)44(5)42)16-27(24)40(36)28(18-35)19-9-12-22(13-10-19)43-31(32,33)34/h6-18H,35-36H2,1-5H3,(H,37,41)/b28-18-. The van der Waals surface area contributed by atoms with Crippen LogP contribution in [0.5, 0.6) is 5.75 Å². The zero-order valence-electron chi connectivity index (χ0n) is 24.8. The minimum absolute atomic E-state index is 0.198. The second-order valence-corrected chi connectivity index (χ2v) is 12.3. The number of benzene rings is 3. The zero-order valence-corrected chi connectivity index (χ0v) is 25.6. The molecule has 1 heterocycles. The Labute approximate surface area is 256 Å². The van der Waals surface area contributed by atoms with Gasteiger partial charge >= 0.3 is 6.36 Å². The van der Waals surface area contributed by atoms with Crippen molar-refractivity contribution in [1.82, 2.24) is 15.1 Å². The van der Waals surface area contributed by atoms with Crippen LogP contribution in [0.2, 0.25) is 0 Å². The lowest BCUT2D eigenvalue weighted by molar-refractivity contribution is -0.274. The van der Waals surface area contributed by atoms with Crippen LogP contribution in [0.15, 0.2) is 83.9 Å². The molecule has 9 nitrogen and oxygen atoms in total. The second-order valence-electron chi connectivity index (χ2n) is 11.0. The Morgan fingerprint density at radius 2 is 1.70 bits per heavy atom. The highest BCUT2D eigenvalue weighted by Crippen LogP contribution is 2.38. The third-order valence-corrected chi connectivity index (χ3v) is 7.35. The molecule has 44 heavy (non-hydrogen) atoms. The number of ether oxygens (including phenoxy) is 1. The highest BCUT2D eigenvalue weighted by atomic mass is 32.2. The van der Waals surface area contributed by atoms with Gasteiger partial charge in [-0.1, -0.05) is 24.3 Å². The average molecular weight is 627 g/mol. The molecular formula is C31H33F3N6O3S. The number of nitrogens with one attached hydrogen (secondary N) is 1. The number of hydrazine groups is 1. The predicted molar refractivity (Wildman–Crippen MR) is 166 cm³/mol. The molecule has 4 aromatic rings. The van der Waals surface area contributed by atoms with Gasteiger partial charge in [-0.15, -0.1) is 13.2 Å². The molecule has 5 N–H and O–H groups in total. The minimum Gasteiger partial charge on any atom is -0.612 e. The summed E-state index contributed by atoms with van der Waals surface area (Å²) in [5.41, 5.74) is 9.54. The molecule has 0 fully saturated rings. The van der Waals surface area contributed by atoms with Crippen molar-refractivity contribution < 1.29 is 27.3 Å². The first-order chi connectivity index (χ1) is 20.6. The summed E-state index contributed by atoms with van der Waals surface area (Å²) in [6.07, 6.45) is -2.01. The summed E-state index contributed by atoms with van der Waals surface area (Å²) < 4.78 is 55.8. The number of rotatable bonds is 8. The molecular weight excluding hydrogens is 593 g/mol. The fraction of sp³-hybridized carbons (Fsp3) is 0.226. The van der Waals surface area contributed by atoms with Crippen molar-refractivity contribution in [2.75, 3.05) is 11.3 Å². The molecule has 4 rings (SSSR count). The fourth-order valence-electron chi connectivity index (χ4n) is 4.49. The number of carbonyl (C=O) groups excluding carboxylic acids is 1. The molecule has 3 aromatic carbocycles. The van der Waals surface area contributed by atoms with Gasteiger partial charge < -0.3 is 20.3 Å². The number of hydrogen-bond acceptors (Lipinski definition) is 7. The van der Waals surface area contributed by atoms with Crippen LogP contribution in [0.4, 0.5) is 18.9 Å². The van der Waals surface area contributed by atoms with Gasteiger partial charge in [-0.3, -0.25) is 14.5 Å². The van der Waals surface area contributed by atoms with Gasteiger partial charge in [0.15, 0.2) is 10.6 Å². The van der Waals surface area contributed by atoms with E-state index >= 15 is 0 Å². The molecule has 13 heteroatoms. The lowest BCUT2D eigenvalue weighted by atomic mass is 9.99. The number of hydrogen-bond donors (Lipinski definition) is 3. The quantitative estimate of drug-likeness (QED) is 0.133. The monoisotopic (exact) mass is 626 g/mol. The number of halogens is 3. The maximum atomic E-state index is 12.9. The van der Waals surface area contributed by atoms with E-state index in [4.69, 9.17) is 11.6 Å². The Bertz CT molecular complexity index is 1680.